The number of aryl methyl sites for hydroxylation is 4. The van der Waals surface area contributed by atoms with Gasteiger partial charge in [-0.15, -0.1) is 0 Å². The van der Waals surface area contributed by atoms with Crippen LogP contribution in [0, 0.1) is 27.7 Å². The molecule has 8 aliphatic rings. The van der Waals surface area contributed by atoms with E-state index in [2.05, 4.69) is 82.3 Å². The molecule has 16 rings (SSSR count). The Morgan fingerprint density at radius 1 is 0.523 bits per heavy atom. The van der Waals surface area contributed by atoms with Crippen LogP contribution in [0.2, 0.25) is 33.7 Å². The van der Waals surface area contributed by atoms with E-state index in [9.17, 15) is 34.0 Å². The summed E-state index contributed by atoms with van der Waals surface area (Å²) < 4.78 is 29.9. The molecule has 0 spiro atoms. The van der Waals surface area contributed by atoms with Crippen LogP contribution >= 0.6 is 46.4 Å². The topological polar surface area (TPSA) is 502 Å². The molecule has 0 radical (unpaired) electrons. The molecule has 2 aromatic carbocycles. The van der Waals surface area contributed by atoms with Crippen molar-refractivity contribution in [2.75, 3.05) is 49.9 Å². The number of carbonyl (C=O) groups is 5. The van der Waals surface area contributed by atoms with E-state index >= 15 is 0 Å². The number of nitrogens with two attached hydrogens (primary N) is 1. The van der Waals surface area contributed by atoms with Crippen LogP contribution in [0.15, 0.2) is 112 Å². The molecule has 8 aliphatic heterocycles. The third kappa shape index (κ3) is 26.4. The monoisotopic (exact) mass is 1850 g/mol. The van der Waals surface area contributed by atoms with Gasteiger partial charge < -0.3 is 94.8 Å². The zero-order valence-corrected chi connectivity index (χ0v) is 77.4. The van der Waals surface area contributed by atoms with Crippen molar-refractivity contribution in [1.82, 2.24) is 95.1 Å². The van der Waals surface area contributed by atoms with Gasteiger partial charge in [-0.3, -0.25) is 19.3 Å². The Labute approximate surface area is 763 Å². The predicted molar refractivity (Wildman–Crippen MR) is 479 cm³/mol. The highest BCUT2D eigenvalue weighted by molar-refractivity contribution is 6.46. The molecule has 0 aliphatic carbocycles. The van der Waals surface area contributed by atoms with E-state index in [0.29, 0.717) is 105 Å². The van der Waals surface area contributed by atoms with Crippen molar-refractivity contribution in [1.29, 1.82) is 0 Å². The van der Waals surface area contributed by atoms with Crippen molar-refractivity contribution in [3.63, 3.8) is 0 Å². The van der Waals surface area contributed by atoms with Crippen LogP contribution in [0.4, 0.5) is 16.4 Å². The van der Waals surface area contributed by atoms with Gasteiger partial charge in [0.15, 0.2) is 23.3 Å². The van der Waals surface area contributed by atoms with Crippen molar-refractivity contribution < 1.29 is 72.4 Å². The molecule has 45 heteroatoms. The maximum atomic E-state index is 14.1. The fraction of sp³-hybridized carbons (Fsp3) is 0.554. The van der Waals surface area contributed by atoms with Crippen molar-refractivity contribution in [2.24, 2.45) is 16.0 Å². The van der Waals surface area contributed by atoms with Gasteiger partial charge in [0.25, 0.3) is 11.8 Å². The van der Waals surface area contributed by atoms with Gasteiger partial charge >= 0.3 is 26.2 Å². The highest BCUT2D eigenvalue weighted by Crippen LogP contribution is 2.44. The second-order valence-corrected chi connectivity index (χ2v) is 34.9. The Morgan fingerprint density at radius 3 is 1.31 bits per heavy atom. The lowest BCUT2D eigenvalue weighted by atomic mass is 9.79. The van der Waals surface area contributed by atoms with Crippen LogP contribution in [0.5, 0.6) is 0 Å². The average Bonchev–Trinajstić information content (AvgIpc) is 1.38. The average molecular weight is 1850 g/mol. The Kier molecular flexibility index (Phi) is 36.3. The van der Waals surface area contributed by atoms with Gasteiger partial charge in [-0.25, -0.2) is 19.0 Å². The fourth-order valence-corrected chi connectivity index (χ4v) is 17.0. The second-order valence-electron chi connectivity index (χ2n) is 33.2. The van der Waals surface area contributed by atoms with Crippen molar-refractivity contribution >= 4 is 114 Å². The Hall–Kier alpha value is -10.5. The van der Waals surface area contributed by atoms with Crippen molar-refractivity contribution in [3.05, 3.63) is 162 Å². The molecule has 0 saturated carbocycles. The van der Waals surface area contributed by atoms with E-state index in [-0.39, 0.29) is 53.6 Å². The first-order valence-electron chi connectivity index (χ1n) is 43.1. The lowest BCUT2D eigenvalue weighted by Crippen LogP contribution is -2.55. The minimum Gasteiger partial charge on any atom is -0.480 e. The number of allylic oxidation sites excluding steroid dienone is 2. The fourth-order valence-electron chi connectivity index (χ4n) is 16.3. The van der Waals surface area contributed by atoms with Crippen molar-refractivity contribution in [2.45, 2.75) is 259 Å². The Balaban J connectivity index is 0.000000165. The number of hydrogen-bond acceptors (Lipinski definition) is 31. The molecular weight excluding hydrogens is 1740 g/mol. The summed E-state index contributed by atoms with van der Waals surface area (Å²) in [6, 6.07) is 12.5. The number of nitrogens with zero attached hydrogens (tertiary/aromatic N) is 19. The second kappa shape index (κ2) is 46.6. The molecule has 14 heterocycles. The molecule has 6 fully saturated rings. The number of oxime groups is 2. The van der Waals surface area contributed by atoms with Crippen molar-refractivity contribution in [3.8, 4) is 0 Å². The maximum absolute atomic E-state index is 14.1. The summed E-state index contributed by atoms with van der Waals surface area (Å²) in [5.41, 5.74) is 8.60. The molecule has 0 bridgehead atoms. The van der Waals surface area contributed by atoms with Crippen LogP contribution in [0.25, 0.3) is 0 Å². The van der Waals surface area contributed by atoms with Gasteiger partial charge in [0.2, 0.25) is 29.5 Å². The summed E-state index contributed by atoms with van der Waals surface area (Å²) >= 11 is 25.0. The number of benzene rings is 2. The smallest absolute Gasteiger partial charge is 0.411 e. The number of aliphatic carboxylic acids is 1. The molecule has 11 N–H and O–H groups in total. The molecule has 128 heavy (non-hydrogen) atoms. The first-order chi connectivity index (χ1) is 61.1. The molecular formula is C83H116B2Cl4N24O15. The third-order valence-corrected chi connectivity index (χ3v) is 23.8. The number of anilines is 2. The summed E-state index contributed by atoms with van der Waals surface area (Å²) in [6.45, 7) is 27.1. The number of carboxylic acid groups (broad SMARTS) is 1. The largest absolute Gasteiger partial charge is 0.480 e. The zero-order valence-electron chi connectivity index (χ0n) is 74.4. The number of nitrogens with one attached hydrogen (secondary N) is 4. The molecule has 8 atom stereocenters. The van der Waals surface area contributed by atoms with E-state index < -0.39 is 49.9 Å². The number of hydrogen-bond donors (Lipinski definition) is 10. The van der Waals surface area contributed by atoms with Gasteiger partial charge in [0, 0.05) is 43.2 Å². The quantitative estimate of drug-likeness (QED) is 0.0178. The summed E-state index contributed by atoms with van der Waals surface area (Å²) in [7, 11) is -1.09. The number of carboxylic acids is 1. The van der Waals surface area contributed by atoms with Gasteiger partial charge in [-0.2, -0.15) is 30.1 Å². The third-order valence-electron chi connectivity index (χ3n) is 22.3. The minimum absolute atomic E-state index is 0.0833. The summed E-state index contributed by atoms with van der Waals surface area (Å²) in [6.07, 6.45) is 20.0. The van der Waals surface area contributed by atoms with Crippen LogP contribution in [-0.4, -0.2) is 223 Å². The number of carbonyl (C=O) groups excluding carboxylic acids is 4. The van der Waals surface area contributed by atoms with Gasteiger partial charge in [0.05, 0.1) is 61.8 Å². The number of piperidine rings is 6. The molecule has 8 aromatic rings. The number of amides is 4. The SMILES string of the molecule is C/C(N)=N\O.CB(O)N1CCCCC1C(=O)N/C(C)=N/O.CB(O)N1CCCCC1c1nc(C)no1.CC(C)(C)OC(=O)N1CCCCC1C(=O)O.CC1=C(C(=O)N2CCCCC2c2nc(C)no2)C(c2ccc(Cl)c(Cl)c2)n2nccc2N1.CC1=C(C(=O)N2CCCCC2c2nc(C)no2)C(c2ccc(Cl)c(Cl)c2)n2nccc2N1.Cc1noc(C2CCCCN2)n1. The first-order valence-corrected chi connectivity index (χ1v) is 44.6. The van der Waals surface area contributed by atoms with Gasteiger partial charge in [0.1, 0.15) is 59.1 Å². The molecule has 692 valence electrons. The minimum atomic E-state index is -0.953. The van der Waals surface area contributed by atoms with E-state index in [1.165, 1.54) is 31.6 Å². The molecule has 6 saturated heterocycles. The maximum Gasteiger partial charge on any atom is 0.411 e. The summed E-state index contributed by atoms with van der Waals surface area (Å²) in [5.74, 6) is 5.42. The zero-order chi connectivity index (χ0) is 92.8. The van der Waals surface area contributed by atoms with E-state index in [1.807, 2.05) is 66.6 Å². The van der Waals surface area contributed by atoms with E-state index in [4.69, 9.17) is 90.5 Å². The van der Waals surface area contributed by atoms with Crippen LogP contribution < -0.4 is 27.0 Å². The highest BCUT2D eigenvalue weighted by Gasteiger charge is 2.44. The number of rotatable bonds is 12. The Bertz CT molecular complexity index is 4980. The van der Waals surface area contributed by atoms with E-state index in [0.717, 1.165) is 155 Å². The van der Waals surface area contributed by atoms with Crippen LogP contribution in [-0.2, 0) is 23.9 Å². The number of amidine groups is 2. The summed E-state index contributed by atoms with van der Waals surface area (Å²) in [4.78, 5) is 88.7. The molecule has 6 aromatic heterocycles. The van der Waals surface area contributed by atoms with Gasteiger partial charge in [-0.05, 0) is 241 Å². The predicted octanol–water partition coefficient (Wildman–Crippen LogP) is 13.5. The molecule has 4 amide bonds. The standard InChI is InChI=1S/2C22H22Cl2N6O2.C11H19NO4.C9H18BN3O3.C9H16BN3O2.C8H13N3O.C2H6N2O/c2*1-12-19(22(31)29-10-4-3-5-17(29)21-27-13(2)28-32-21)20(30-18(26-12)8-9-25-30)14-6-7-15(23)16(24)11-14;1-11(2,3)16-10(15)12-7-5-4-6-8(12)9(13)14;1-7(12-16)11-9(14)8-5-3-4-6-13(8)10(2)15;1-7-11-9(15-12-7)8-5-3-4-6-13(8)10(2)14;1-6-10-8(12-11-6)7-4-2-3-5-9-7;1-2(3)4-5/h2*6-9,11,17,20,26H,3-5,10H2,1-2H3;8H,4-7H2,1-3H3,(H,13,14);8,15-16H,3-6H2,1-2H3,(H,11,12,14);8,14H,3-6H2,1-2H3;7,9H,2-5H2,1H3;5H,1H3,(H2,3,4). The number of aromatic nitrogens is 12. The van der Waals surface area contributed by atoms with Crippen LogP contribution in [0.1, 0.15) is 258 Å². The normalized spacial score (nSPS) is 21.4. The van der Waals surface area contributed by atoms with Gasteiger partial charge in [-0.1, -0.05) is 109 Å². The first kappa shape index (κ1) is 99.6. The lowest BCUT2D eigenvalue weighted by molar-refractivity contribution is -0.144. The Morgan fingerprint density at radius 2 is 0.922 bits per heavy atom. The number of ether oxygens (including phenoxy) is 1. The summed E-state index contributed by atoms with van der Waals surface area (Å²) in [5, 5.41) is 88.4. The lowest BCUT2D eigenvalue weighted by Gasteiger charge is -2.37. The highest BCUT2D eigenvalue weighted by atomic mass is 35.5. The molecule has 39 nitrogen and oxygen atoms in total. The van der Waals surface area contributed by atoms with E-state index in [1.54, 1.807) is 99.1 Å². The molecule has 8 unspecified atom stereocenters. The number of likely N-dealkylation sites (tertiary alicyclic amines) is 3. The number of fused-ring (bicyclic) bond motifs is 2. The van der Waals surface area contributed by atoms with Crippen LogP contribution in [0.3, 0.4) is 0 Å². The number of halogens is 4.